The number of Topliss-reactive ketones (excluding diaryl/α,β-unsaturated/α-hetero) is 1. The molecule has 0 aromatic heterocycles. The summed E-state index contributed by atoms with van der Waals surface area (Å²) in [6, 6.07) is 0. The number of carbonyl (C=O) groups is 3. The van der Waals surface area contributed by atoms with Gasteiger partial charge < -0.3 is 9.69 Å². The van der Waals surface area contributed by atoms with Crippen LogP contribution in [0.15, 0.2) is 0 Å². The van der Waals surface area contributed by atoms with Gasteiger partial charge in [0.2, 0.25) is 5.91 Å². The van der Waals surface area contributed by atoms with E-state index >= 15 is 0 Å². The lowest BCUT2D eigenvalue weighted by Crippen LogP contribution is -2.32. The van der Waals surface area contributed by atoms with Gasteiger partial charge in [-0.25, -0.2) is 0 Å². The normalized spacial score (nSPS) is 21.3. The van der Waals surface area contributed by atoms with Gasteiger partial charge in [-0.05, 0) is 26.2 Å². The predicted molar refractivity (Wildman–Crippen MR) is 59.9 cm³/mol. The van der Waals surface area contributed by atoms with E-state index in [-0.39, 0.29) is 17.6 Å². The first-order valence-corrected chi connectivity index (χ1v) is 5.87. The molecule has 0 radical (unpaired) electrons. The van der Waals surface area contributed by atoms with E-state index in [0.717, 1.165) is 32.1 Å². The van der Waals surface area contributed by atoms with Gasteiger partial charge in [0.25, 0.3) is 0 Å². The minimum atomic E-state index is 0.0382. The van der Waals surface area contributed by atoms with Crippen molar-refractivity contribution in [3.63, 3.8) is 0 Å². The average Bonchev–Trinajstić information content (AvgIpc) is 2.51. The van der Waals surface area contributed by atoms with Gasteiger partial charge in [-0.1, -0.05) is 0 Å². The zero-order valence-electron chi connectivity index (χ0n) is 9.78. The summed E-state index contributed by atoms with van der Waals surface area (Å²) >= 11 is 0. The third-order valence-corrected chi connectivity index (χ3v) is 3.13. The van der Waals surface area contributed by atoms with Crippen molar-refractivity contribution in [2.75, 3.05) is 13.1 Å². The highest BCUT2D eigenvalue weighted by molar-refractivity contribution is 5.79. The zero-order valence-corrected chi connectivity index (χ0v) is 9.78. The minimum Gasteiger partial charge on any atom is -0.343 e. The van der Waals surface area contributed by atoms with E-state index in [1.165, 1.54) is 0 Å². The maximum Gasteiger partial charge on any atom is 0.222 e. The van der Waals surface area contributed by atoms with Gasteiger partial charge >= 0.3 is 0 Å². The number of rotatable bonds is 4. The summed E-state index contributed by atoms with van der Waals surface area (Å²) in [5.74, 6) is 0.377. The summed E-state index contributed by atoms with van der Waals surface area (Å²) in [7, 11) is 0. The lowest BCUT2D eigenvalue weighted by atomic mass is 9.97. The van der Waals surface area contributed by atoms with Gasteiger partial charge in [-0.2, -0.15) is 0 Å². The Morgan fingerprint density at radius 2 is 2.06 bits per heavy atom. The van der Waals surface area contributed by atoms with Crippen molar-refractivity contribution in [1.82, 2.24) is 4.90 Å². The fourth-order valence-electron chi connectivity index (χ4n) is 2.09. The van der Waals surface area contributed by atoms with Crippen LogP contribution >= 0.6 is 0 Å². The molecule has 1 saturated heterocycles. The van der Waals surface area contributed by atoms with Crippen LogP contribution in [0.2, 0.25) is 0 Å². The van der Waals surface area contributed by atoms with Crippen molar-refractivity contribution in [2.45, 2.75) is 39.0 Å². The molecule has 0 spiro atoms. The second kappa shape index (κ2) is 6.40. The molecule has 90 valence electrons. The highest BCUT2D eigenvalue weighted by Gasteiger charge is 2.22. The van der Waals surface area contributed by atoms with E-state index in [1.807, 2.05) is 0 Å². The molecule has 16 heavy (non-hydrogen) atoms. The van der Waals surface area contributed by atoms with Gasteiger partial charge in [0, 0.05) is 31.8 Å². The number of hydrogen-bond donors (Lipinski definition) is 0. The Bertz CT molecular complexity index is 275. The molecule has 0 saturated carbocycles. The highest BCUT2D eigenvalue weighted by atomic mass is 16.2. The van der Waals surface area contributed by atoms with E-state index in [2.05, 4.69) is 0 Å². The molecule has 4 heteroatoms. The van der Waals surface area contributed by atoms with Crippen molar-refractivity contribution in [2.24, 2.45) is 5.92 Å². The third-order valence-electron chi connectivity index (χ3n) is 3.13. The molecule has 0 N–H and O–H groups in total. The quantitative estimate of drug-likeness (QED) is 0.675. The summed E-state index contributed by atoms with van der Waals surface area (Å²) in [6.45, 7) is 3.00. The number of aldehydes is 1. The van der Waals surface area contributed by atoms with Gasteiger partial charge in [-0.15, -0.1) is 0 Å². The molecule has 1 atom stereocenters. The second-order valence-electron chi connectivity index (χ2n) is 4.32. The van der Waals surface area contributed by atoms with Gasteiger partial charge in [0.15, 0.2) is 0 Å². The lowest BCUT2D eigenvalue weighted by Gasteiger charge is -2.19. The Kier molecular flexibility index (Phi) is 5.15. The predicted octanol–water partition coefficient (Wildman–Crippen LogP) is 1.18. The summed E-state index contributed by atoms with van der Waals surface area (Å²) in [6.07, 6.45) is 3.90. The standard InChI is InChI=1S/C12H19NO3/c1-10(15)11-4-2-7-13(8-6-11)12(16)5-3-9-14/h9,11H,2-8H2,1H3. The number of amides is 1. The first-order chi connectivity index (χ1) is 7.65. The van der Waals surface area contributed by atoms with Crippen molar-refractivity contribution in [1.29, 1.82) is 0 Å². The number of ketones is 1. The van der Waals surface area contributed by atoms with Crippen molar-refractivity contribution in [3.05, 3.63) is 0 Å². The number of likely N-dealkylation sites (tertiary alicyclic amines) is 1. The first kappa shape index (κ1) is 12.9. The smallest absolute Gasteiger partial charge is 0.222 e. The SMILES string of the molecule is CC(=O)C1CCCN(C(=O)CCC=O)CC1. The number of nitrogens with zero attached hydrogens (tertiary/aromatic N) is 1. The van der Waals surface area contributed by atoms with Crippen LogP contribution in [0.4, 0.5) is 0 Å². The van der Waals surface area contributed by atoms with Crippen LogP contribution < -0.4 is 0 Å². The summed E-state index contributed by atoms with van der Waals surface area (Å²) in [5.41, 5.74) is 0. The topological polar surface area (TPSA) is 54.5 Å². The van der Waals surface area contributed by atoms with E-state index in [0.29, 0.717) is 19.4 Å². The molecule has 4 nitrogen and oxygen atoms in total. The van der Waals surface area contributed by atoms with Crippen LogP contribution in [0, 0.1) is 5.92 Å². The molecule has 1 unspecified atom stereocenters. The molecular formula is C12H19NO3. The maximum atomic E-state index is 11.7. The molecule has 1 aliphatic heterocycles. The largest absolute Gasteiger partial charge is 0.343 e. The maximum absolute atomic E-state index is 11.7. The van der Waals surface area contributed by atoms with Crippen LogP contribution in [0.3, 0.4) is 0 Å². The molecule has 0 aromatic rings. The molecule has 1 fully saturated rings. The van der Waals surface area contributed by atoms with Crippen molar-refractivity contribution < 1.29 is 14.4 Å². The van der Waals surface area contributed by atoms with Gasteiger partial charge in [-0.3, -0.25) is 9.59 Å². The Balaban J connectivity index is 2.43. The molecule has 1 heterocycles. The molecule has 0 aromatic carbocycles. The van der Waals surface area contributed by atoms with E-state index in [4.69, 9.17) is 0 Å². The lowest BCUT2D eigenvalue weighted by molar-refractivity contribution is -0.132. The van der Waals surface area contributed by atoms with Crippen molar-refractivity contribution in [3.8, 4) is 0 Å². The Labute approximate surface area is 96.0 Å². The van der Waals surface area contributed by atoms with Crippen LogP contribution in [-0.4, -0.2) is 36.0 Å². The van der Waals surface area contributed by atoms with Crippen LogP contribution in [0.1, 0.15) is 39.0 Å². The second-order valence-corrected chi connectivity index (χ2v) is 4.32. The minimum absolute atomic E-state index is 0.0382. The average molecular weight is 225 g/mol. The molecule has 0 aliphatic carbocycles. The van der Waals surface area contributed by atoms with Crippen LogP contribution in [0.5, 0.6) is 0 Å². The number of carbonyl (C=O) groups excluding carboxylic acids is 3. The first-order valence-electron chi connectivity index (χ1n) is 5.87. The number of hydrogen-bond acceptors (Lipinski definition) is 3. The Morgan fingerprint density at radius 1 is 1.31 bits per heavy atom. The summed E-state index contributed by atoms with van der Waals surface area (Å²) < 4.78 is 0. The molecular weight excluding hydrogens is 206 g/mol. The molecule has 1 rings (SSSR count). The summed E-state index contributed by atoms with van der Waals surface area (Å²) in [5, 5.41) is 0. The van der Waals surface area contributed by atoms with Gasteiger partial charge in [0.1, 0.15) is 12.1 Å². The van der Waals surface area contributed by atoms with Crippen LogP contribution in [-0.2, 0) is 14.4 Å². The fraction of sp³-hybridized carbons (Fsp3) is 0.750. The van der Waals surface area contributed by atoms with E-state index < -0.39 is 0 Å². The fourth-order valence-corrected chi connectivity index (χ4v) is 2.09. The Hall–Kier alpha value is -1.19. The van der Waals surface area contributed by atoms with Crippen LogP contribution in [0.25, 0.3) is 0 Å². The van der Waals surface area contributed by atoms with E-state index in [9.17, 15) is 14.4 Å². The molecule has 1 amide bonds. The van der Waals surface area contributed by atoms with E-state index in [1.54, 1.807) is 11.8 Å². The monoisotopic (exact) mass is 225 g/mol. The molecule has 1 aliphatic rings. The Morgan fingerprint density at radius 3 is 2.69 bits per heavy atom. The van der Waals surface area contributed by atoms with Gasteiger partial charge in [0.05, 0.1) is 0 Å². The zero-order chi connectivity index (χ0) is 12.0. The summed E-state index contributed by atoms with van der Waals surface area (Å²) in [4.78, 5) is 34.9. The van der Waals surface area contributed by atoms with Crippen molar-refractivity contribution >= 4 is 18.0 Å². The highest BCUT2D eigenvalue weighted by Crippen LogP contribution is 2.18. The third kappa shape index (κ3) is 3.76. The molecule has 0 bridgehead atoms.